The van der Waals surface area contributed by atoms with Crippen molar-refractivity contribution in [2.75, 3.05) is 19.6 Å². The Morgan fingerprint density at radius 1 is 0.525 bits per heavy atom. The van der Waals surface area contributed by atoms with Gasteiger partial charge in [-0.3, -0.25) is 62.5 Å². The van der Waals surface area contributed by atoms with E-state index in [-0.39, 0.29) is 31.8 Å². The smallest absolute Gasteiger partial charge is 0.305 e. The molecular weight excluding hydrogens is 792 g/mol. The number of carboxylic acids is 3. The molecule has 59 heavy (non-hydrogen) atoms. The summed E-state index contributed by atoms with van der Waals surface area (Å²) in [5, 5.41) is 44.8. The zero-order valence-corrected chi connectivity index (χ0v) is 32.5. The van der Waals surface area contributed by atoms with Crippen molar-refractivity contribution in [2.45, 2.75) is 102 Å². The Morgan fingerprint density at radius 3 is 1.51 bits per heavy atom. The number of carbonyl (C=O) groups excluding carboxylic acids is 9. The first-order valence-corrected chi connectivity index (χ1v) is 17.8. The molecule has 27 nitrogen and oxygen atoms in total. The van der Waals surface area contributed by atoms with Gasteiger partial charge in [0.15, 0.2) is 5.96 Å². The van der Waals surface area contributed by atoms with E-state index in [1.54, 1.807) is 0 Å². The van der Waals surface area contributed by atoms with E-state index in [9.17, 15) is 62.6 Å². The molecule has 0 unspecified atom stereocenters. The Kier molecular flexibility index (Phi) is 23.5. The number of amides is 9. The molecule has 6 atom stereocenters. The second kappa shape index (κ2) is 26.7. The Hall–Kier alpha value is -7.09. The van der Waals surface area contributed by atoms with Crippen molar-refractivity contribution in [1.82, 2.24) is 42.5 Å². The number of carboxylic acid groups (broad SMARTS) is 3. The maximum atomic E-state index is 13.1. The summed E-state index contributed by atoms with van der Waals surface area (Å²) in [6, 6.07) is -8.53. The fourth-order valence-corrected chi connectivity index (χ4v) is 4.65. The number of rotatable bonds is 28. The van der Waals surface area contributed by atoms with Crippen molar-refractivity contribution in [3.05, 3.63) is 0 Å². The molecule has 0 heterocycles. The highest BCUT2D eigenvalue weighted by molar-refractivity contribution is 5.97. The Bertz CT molecular complexity index is 1620. The summed E-state index contributed by atoms with van der Waals surface area (Å²) in [6.45, 7) is 1.94. The number of aliphatic imine (C=N–C) groups is 1. The van der Waals surface area contributed by atoms with Crippen molar-refractivity contribution in [3.63, 3.8) is 0 Å². The molecule has 0 aromatic carbocycles. The van der Waals surface area contributed by atoms with Gasteiger partial charge in [0.1, 0.15) is 36.3 Å². The number of aliphatic carboxylic acids is 3. The van der Waals surface area contributed by atoms with Gasteiger partial charge < -0.3 is 75.1 Å². The molecule has 0 saturated heterocycles. The van der Waals surface area contributed by atoms with Gasteiger partial charge in [0.05, 0.1) is 19.5 Å². The fraction of sp³-hybridized carbons (Fsp3) is 0.594. The molecule has 17 N–H and O–H groups in total. The van der Waals surface area contributed by atoms with Crippen LogP contribution < -0.4 is 59.7 Å². The monoisotopic (exact) mass is 844 g/mol. The summed E-state index contributed by atoms with van der Waals surface area (Å²) in [4.78, 5) is 149. The zero-order chi connectivity index (χ0) is 45.4. The van der Waals surface area contributed by atoms with Crippen LogP contribution in [0.2, 0.25) is 0 Å². The maximum Gasteiger partial charge on any atom is 0.305 e. The SMILES string of the molecule is CC(=O)N[C@@H](CCCN=C(N)N)C(=O)N[C@@H](CCC(=O)O)C(=O)N[C@@H](C)C(=O)NCC(=O)N[C@@H](CC(=O)O)C(=O)NCC(=O)N[C@@H](C)C(=O)N[C@@H](CCC(=O)O)C(N)=O. The van der Waals surface area contributed by atoms with Gasteiger partial charge in [-0.15, -0.1) is 0 Å². The second-order valence-electron chi connectivity index (χ2n) is 12.8. The molecule has 0 bridgehead atoms. The van der Waals surface area contributed by atoms with Gasteiger partial charge in [-0.1, -0.05) is 0 Å². The number of nitrogens with one attached hydrogen (secondary N) is 8. The fourth-order valence-electron chi connectivity index (χ4n) is 4.65. The Labute approximate surface area is 336 Å². The average Bonchev–Trinajstić information content (AvgIpc) is 3.12. The maximum absolute atomic E-state index is 13.1. The first-order chi connectivity index (χ1) is 27.4. The third-order valence-electron chi connectivity index (χ3n) is 7.63. The van der Waals surface area contributed by atoms with Crippen LogP contribution >= 0.6 is 0 Å². The van der Waals surface area contributed by atoms with Crippen molar-refractivity contribution in [3.8, 4) is 0 Å². The van der Waals surface area contributed by atoms with Gasteiger partial charge in [-0.2, -0.15) is 0 Å². The minimum Gasteiger partial charge on any atom is -0.481 e. The number of primary amides is 1. The lowest BCUT2D eigenvalue weighted by Gasteiger charge is -2.24. The summed E-state index contributed by atoms with van der Waals surface area (Å²) >= 11 is 0. The van der Waals surface area contributed by atoms with E-state index in [1.165, 1.54) is 13.8 Å². The molecular formula is C32H52N12O15. The molecule has 0 spiro atoms. The molecule has 0 aliphatic heterocycles. The molecule has 0 aromatic rings. The summed E-state index contributed by atoms with van der Waals surface area (Å²) in [5.74, 6) is -12.9. The van der Waals surface area contributed by atoms with Crippen LogP contribution in [0.25, 0.3) is 0 Å². The van der Waals surface area contributed by atoms with Gasteiger partial charge in [0.2, 0.25) is 53.2 Å². The number of nitrogens with two attached hydrogens (primary N) is 3. The van der Waals surface area contributed by atoms with E-state index in [1.807, 2.05) is 0 Å². The van der Waals surface area contributed by atoms with Gasteiger partial charge in [-0.25, -0.2) is 0 Å². The van der Waals surface area contributed by atoms with Crippen molar-refractivity contribution in [2.24, 2.45) is 22.2 Å². The second-order valence-corrected chi connectivity index (χ2v) is 12.8. The van der Waals surface area contributed by atoms with Crippen molar-refractivity contribution < 1.29 is 72.9 Å². The lowest BCUT2D eigenvalue weighted by atomic mass is 10.1. The van der Waals surface area contributed by atoms with Crippen LogP contribution in [-0.2, 0) is 57.5 Å². The van der Waals surface area contributed by atoms with E-state index in [0.717, 1.165) is 6.92 Å². The number of hydrogen-bond donors (Lipinski definition) is 14. The normalized spacial score (nSPS) is 13.5. The number of carbonyl (C=O) groups is 12. The molecule has 9 amide bonds. The number of nitrogens with zero attached hydrogens (tertiary/aromatic N) is 1. The van der Waals surface area contributed by atoms with Gasteiger partial charge >= 0.3 is 17.9 Å². The van der Waals surface area contributed by atoms with Crippen molar-refractivity contribution >= 4 is 77.0 Å². The highest BCUT2D eigenvalue weighted by Gasteiger charge is 2.30. The predicted molar refractivity (Wildman–Crippen MR) is 200 cm³/mol. The van der Waals surface area contributed by atoms with Crippen LogP contribution in [0.3, 0.4) is 0 Å². The van der Waals surface area contributed by atoms with Crippen LogP contribution in [0.15, 0.2) is 4.99 Å². The zero-order valence-electron chi connectivity index (χ0n) is 32.5. The van der Waals surface area contributed by atoms with Crippen molar-refractivity contribution in [1.29, 1.82) is 0 Å². The van der Waals surface area contributed by atoms with E-state index < -0.39 is 146 Å². The molecule has 0 rings (SSSR count). The molecule has 330 valence electrons. The highest BCUT2D eigenvalue weighted by Crippen LogP contribution is 2.05. The third-order valence-corrected chi connectivity index (χ3v) is 7.63. The molecule has 0 aliphatic rings. The van der Waals surface area contributed by atoms with Gasteiger partial charge in [0.25, 0.3) is 0 Å². The third kappa shape index (κ3) is 23.6. The van der Waals surface area contributed by atoms with Crippen LogP contribution in [0.5, 0.6) is 0 Å². The molecule has 0 aliphatic carbocycles. The molecule has 27 heteroatoms. The summed E-state index contributed by atoms with van der Waals surface area (Å²) in [6.07, 6.45) is -2.55. The summed E-state index contributed by atoms with van der Waals surface area (Å²) in [7, 11) is 0. The first kappa shape index (κ1) is 51.9. The standard InChI is InChI=1S/C32H52N12O15/c1-14(40-30(58)19(7-9-24(50)51)44-31(59)18(41-16(3)45)5-4-10-36-32(34)35)27(55)37-13-22(47)42-20(11-25(52)53)29(57)38-12-21(46)39-15(2)28(56)43-17(26(33)54)6-8-23(48)49/h14-15,17-20H,4-13H2,1-3H3,(H2,33,54)(H,37,55)(H,38,57)(H,39,46)(H,40,58)(H,41,45)(H,42,47)(H,43,56)(H,44,59)(H,48,49)(H,50,51)(H,52,53)(H4,34,35,36)/t14-,15-,17-,18-,19-,20-/m0/s1. The van der Waals surface area contributed by atoms with Gasteiger partial charge in [-0.05, 0) is 39.5 Å². The summed E-state index contributed by atoms with van der Waals surface area (Å²) in [5.41, 5.74) is 15.7. The Balaban J connectivity index is 5.35. The average molecular weight is 845 g/mol. The number of guanidine groups is 1. The van der Waals surface area contributed by atoms with Crippen LogP contribution in [-0.4, -0.2) is 148 Å². The van der Waals surface area contributed by atoms with Crippen LogP contribution in [0.1, 0.15) is 65.7 Å². The minimum absolute atomic E-state index is 0.0288. The van der Waals surface area contributed by atoms with Crippen LogP contribution in [0.4, 0.5) is 0 Å². The van der Waals surface area contributed by atoms with Gasteiger partial charge in [0, 0.05) is 26.3 Å². The minimum atomic E-state index is -1.78. The lowest BCUT2D eigenvalue weighted by molar-refractivity contribution is -0.141. The largest absolute Gasteiger partial charge is 0.481 e. The van der Waals surface area contributed by atoms with E-state index in [4.69, 9.17) is 27.4 Å². The van der Waals surface area contributed by atoms with E-state index in [2.05, 4.69) is 47.5 Å². The predicted octanol–water partition coefficient (Wildman–Crippen LogP) is -7.07. The Morgan fingerprint density at radius 2 is 1.00 bits per heavy atom. The van der Waals surface area contributed by atoms with Crippen LogP contribution in [0, 0.1) is 0 Å². The topological polar surface area (TPSA) is 452 Å². The van der Waals surface area contributed by atoms with E-state index in [0.29, 0.717) is 0 Å². The van der Waals surface area contributed by atoms with E-state index >= 15 is 0 Å². The highest BCUT2D eigenvalue weighted by atomic mass is 16.4. The molecule has 0 aromatic heterocycles. The number of hydrogen-bond acceptors (Lipinski definition) is 13. The summed E-state index contributed by atoms with van der Waals surface area (Å²) < 4.78 is 0. The quantitative estimate of drug-likeness (QED) is 0.0198. The molecule has 0 radical (unpaired) electrons. The lowest BCUT2D eigenvalue weighted by Crippen LogP contribution is -2.57. The molecule has 0 fully saturated rings. The molecule has 0 saturated carbocycles. The first-order valence-electron chi connectivity index (χ1n) is 17.8.